The van der Waals surface area contributed by atoms with Gasteiger partial charge in [-0.2, -0.15) is 0 Å². The van der Waals surface area contributed by atoms with E-state index < -0.39 is 4.92 Å². The number of non-ortho nitro benzene ring substituents is 1. The van der Waals surface area contributed by atoms with Crippen LogP contribution in [0.15, 0.2) is 53.0 Å². The van der Waals surface area contributed by atoms with Crippen molar-refractivity contribution in [3.8, 4) is 0 Å². The molecule has 0 unspecified atom stereocenters. The molecule has 0 aliphatic heterocycles. The summed E-state index contributed by atoms with van der Waals surface area (Å²) in [5.41, 5.74) is 1.62. The number of rotatable bonds is 5. The number of amides is 1. The van der Waals surface area contributed by atoms with Crippen LogP contribution >= 0.6 is 15.9 Å². The first-order valence-electron chi connectivity index (χ1n) is 7.79. The van der Waals surface area contributed by atoms with E-state index in [1.54, 1.807) is 12.1 Å². The van der Waals surface area contributed by atoms with Crippen LogP contribution in [0.2, 0.25) is 0 Å². The fraction of sp³-hybridized carbons (Fsp3) is 0.278. The van der Waals surface area contributed by atoms with E-state index in [2.05, 4.69) is 21.2 Å². The highest BCUT2D eigenvalue weighted by Gasteiger charge is 2.39. The van der Waals surface area contributed by atoms with Gasteiger partial charge in [0.2, 0.25) is 5.91 Å². The summed E-state index contributed by atoms with van der Waals surface area (Å²) in [4.78, 5) is 22.7. The minimum absolute atomic E-state index is 0.0313. The maximum Gasteiger partial charge on any atom is 0.269 e. The highest BCUT2D eigenvalue weighted by Crippen LogP contribution is 2.42. The van der Waals surface area contributed by atoms with E-state index >= 15 is 0 Å². The van der Waals surface area contributed by atoms with Crippen LogP contribution in [0.4, 0.5) is 5.69 Å². The van der Waals surface area contributed by atoms with Gasteiger partial charge in [-0.05, 0) is 42.5 Å². The molecule has 2 aromatic rings. The third-order valence-corrected chi connectivity index (χ3v) is 4.97. The normalized spacial score (nSPS) is 15.4. The molecule has 0 heterocycles. The van der Waals surface area contributed by atoms with E-state index in [1.807, 2.05) is 24.3 Å². The summed E-state index contributed by atoms with van der Waals surface area (Å²) in [7, 11) is 0. The van der Waals surface area contributed by atoms with Gasteiger partial charge in [-0.15, -0.1) is 0 Å². The van der Waals surface area contributed by atoms with E-state index in [-0.39, 0.29) is 23.6 Å². The number of benzene rings is 2. The predicted octanol–water partition coefficient (Wildman–Crippen LogP) is 4.10. The second kappa shape index (κ2) is 6.73. The molecule has 1 N–H and O–H groups in total. The van der Waals surface area contributed by atoms with Crippen LogP contribution in [0.1, 0.15) is 30.4 Å². The molecule has 6 heteroatoms. The lowest BCUT2D eigenvalue weighted by atomic mass is 9.71. The molecule has 1 aliphatic rings. The lowest BCUT2D eigenvalue weighted by molar-refractivity contribution is -0.384. The number of nitrogens with one attached hydrogen (secondary N) is 1. The van der Waals surface area contributed by atoms with E-state index in [9.17, 15) is 14.9 Å². The molecule has 124 valence electrons. The molecule has 24 heavy (non-hydrogen) atoms. The number of carbonyl (C=O) groups is 1. The van der Waals surface area contributed by atoms with Crippen molar-refractivity contribution in [2.45, 2.75) is 31.2 Å². The Bertz CT molecular complexity index is 770. The van der Waals surface area contributed by atoms with Crippen LogP contribution in [0.3, 0.4) is 0 Å². The average Bonchev–Trinajstić information content (AvgIpc) is 2.51. The second-order valence-corrected chi connectivity index (χ2v) is 7.01. The Morgan fingerprint density at radius 1 is 1.21 bits per heavy atom. The van der Waals surface area contributed by atoms with Crippen molar-refractivity contribution in [3.63, 3.8) is 0 Å². The first-order chi connectivity index (χ1) is 11.5. The molecule has 0 aromatic heterocycles. The fourth-order valence-corrected chi connectivity index (χ4v) is 3.43. The molecule has 3 rings (SSSR count). The summed E-state index contributed by atoms with van der Waals surface area (Å²) in [5.74, 6) is -0.0662. The number of hydrogen-bond acceptors (Lipinski definition) is 3. The first kappa shape index (κ1) is 16.6. The van der Waals surface area contributed by atoms with Gasteiger partial charge < -0.3 is 5.32 Å². The lowest BCUT2D eigenvalue weighted by Gasteiger charge is -2.43. The predicted molar refractivity (Wildman–Crippen MR) is 94.6 cm³/mol. The highest BCUT2D eigenvalue weighted by atomic mass is 79.9. The zero-order chi connectivity index (χ0) is 17.2. The Hall–Kier alpha value is -2.21. The molecule has 0 spiro atoms. The molecule has 5 nitrogen and oxygen atoms in total. The van der Waals surface area contributed by atoms with E-state index in [0.717, 1.165) is 34.9 Å². The van der Waals surface area contributed by atoms with Gasteiger partial charge >= 0.3 is 0 Å². The summed E-state index contributed by atoms with van der Waals surface area (Å²) < 4.78 is 0.996. The fourth-order valence-electron chi connectivity index (χ4n) is 3.03. The monoisotopic (exact) mass is 388 g/mol. The van der Waals surface area contributed by atoms with Crippen LogP contribution in [0.5, 0.6) is 0 Å². The van der Waals surface area contributed by atoms with Crippen LogP contribution in [0.25, 0.3) is 0 Å². The zero-order valence-corrected chi connectivity index (χ0v) is 14.6. The Labute approximate surface area is 148 Å². The Morgan fingerprint density at radius 2 is 1.92 bits per heavy atom. The van der Waals surface area contributed by atoms with Gasteiger partial charge in [0.15, 0.2) is 0 Å². The van der Waals surface area contributed by atoms with Crippen molar-refractivity contribution in [2.75, 3.05) is 0 Å². The number of hydrogen-bond donors (Lipinski definition) is 1. The molecule has 2 aromatic carbocycles. The van der Waals surface area contributed by atoms with Gasteiger partial charge in [-0.1, -0.05) is 40.2 Å². The first-order valence-corrected chi connectivity index (χ1v) is 8.58. The molecule has 1 amide bonds. The van der Waals surface area contributed by atoms with Crippen LogP contribution in [0, 0.1) is 10.1 Å². The quantitative estimate of drug-likeness (QED) is 0.618. The molecule has 0 saturated heterocycles. The van der Waals surface area contributed by atoms with Crippen LogP contribution in [-0.2, 0) is 16.8 Å². The van der Waals surface area contributed by atoms with Crippen molar-refractivity contribution in [1.82, 2.24) is 5.32 Å². The molecule has 0 radical (unpaired) electrons. The zero-order valence-electron chi connectivity index (χ0n) is 13.0. The van der Waals surface area contributed by atoms with Gasteiger partial charge in [0, 0.05) is 16.6 Å². The Balaban J connectivity index is 1.70. The van der Waals surface area contributed by atoms with E-state index in [4.69, 9.17) is 0 Å². The van der Waals surface area contributed by atoms with Crippen LogP contribution in [-0.4, -0.2) is 10.8 Å². The number of carbonyl (C=O) groups excluding carboxylic acids is 1. The third kappa shape index (κ3) is 3.48. The maximum absolute atomic E-state index is 12.4. The lowest BCUT2D eigenvalue weighted by Crippen LogP contribution is -2.51. The minimum atomic E-state index is -0.444. The Morgan fingerprint density at radius 3 is 2.46 bits per heavy atom. The summed E-state index contributed by atoms with van der Waals surface area (Å²) in [6.07, 6.45) is 3.16. The van der Waals surface area contributed by atoms with Crippen molar-refractivity contribution in [2.24, 2.45) is 0 Å². The summed E-state index contributed by atoms with van der Waals surface area (Å²) in [6, 6.07) is 14.1. The van der Waals surface area contributed by atoms with Crippen molar-refractivity contribution in [1.29, 1.82) is 0 Å². The van der Waals surface area contributed by atoms with Gasteiger partial charge in [-0.3, -0.25) is 14.9 Å². The maximum atomic E-state index is 12.4. The van der Waals surface area contributed by atoms with Gasteiger partial charge in [0.25, 0.3) is 5.69 Å². The van der Waals surface area contributed by atoms with Crippen LogP contribution < -0.4 is 5.32 Å². The number of halogens is 1. The standard InChI is InChI=1S/C18H17BrN2O3/c19-15-4-1-3-14(12-15)18(9-2-10-18)20-17(22)11-13-5-7-16(8-6-13)21(23)24/h1,3-8,12H,2,9-11H2,(H,20,22). The molecule has 1 saturated carbocycles. The van der Waals surface area contributed by atoms with Crippen molar-refractivity contribution >= 4 is 27.5 Å². The summed E-state index contributed by atoms with van der Waals surface area (Å²) in [6.45, 7) is 0. The van der Waals surface area contributed by atoms with Gasteiger partial charge in [-0.25, -0.2) is 0 Å². The largest absolute Gasteiger partial charge is 0.346 e. The molecule has 0 bridgehead atoms. The highest BCUT2D eigenvalue weighted by molar-refractivity contribution is 9.10. The topological polar surface area (TPSA) is 72.2 Å². The number of nitrogens with zero attached hydrogens (tertiary/aromatic N) is 1. The van der Waals surface area contributed by atoms with Gasteiger partial charge in [0.1, 0.15) is 0 Å². The molecule has 1 aliphatic carbocycles. The third-order valence-electron chi connectivity index (χ3n) is 4.47. The van der Waals surface area contributed by atoms with Crippen molar-refractivity contribution in [3.05, 3.63) is 74.2 Å². The van der Waals surface area contributed by atoms with E-state index in [0.29, 0.717) is 0 Å². The SMILES string of the molecule is O=C(Cc1ccc([N+](=O)[O-])cc1)NC1(c2cccc(Br)c2)CCC1. The smallest absolute Gasteiger partial charge is 0.269 e. The minimum Gasteiger partial charge on any atom is -0.346 e. The Kier molecular flexibility index (Phi) is 4.66. The van der Waals surface area contributed by atoms with Gasteiger partial charge in [0.05, 0.1) is 16.9 Å². The molecular formula is C18H17BrN2O3. The summed E-state index contributed by atoms with van der Waals surface area (Å²) >= 11 is 3.48. The average molecular weight is 389 g/mol. The summed E-state index contributed by atoms with van der Waals surface area (Å²) in [5, 5.41) is 13.8. The molecule has 1 fully saturated rings. The number of nitro groups is 1. The molecular weight excluding hydrogens is 372 g/mol. The second-order valence-electron chi connectivity index (χ2n) is 6.09. The van der Waals surface area contributed by atoms with E-state index in [1.165, 1.54) is 12.1 Å². The van der Waals surface area contributed by atoms with Crippen molar-refractivity contribution < 1.29 is 9.72 Å². The number of nitro benzene ring substituents is 1. The molecule has 0 atom stereocenters.